The molecule has 1 fully saturated rings. The number of benzene rings is 2. The molecule has 1 aliphatic heterocycles. The highest BCUT2D eigenvalue weighted by Crippen LogP contribution is 2.22. The van der Waals surface area contributed by atoms with E-state index in [0.29, 0.717) is 6.54 Å². The molecule has 0 saturated carbocycles. The summed E-state index contributed by atoms with van der Waals surface area (Å²) in [6, 6.07) is 17.0. The summed E-state index contributed by atoms with van der Waals surface area (Å²) < 4.78 is 0. The van der Waals surface area contributed by atoms with E-state index in [1.165, 1.54) is 11.3 Å². The fourth-order valence-corrected chi connectivity index (χ4v) is 3.15. The van der Waals surface area contributed by atoms with Crippen LogP contribution in [0.4, 0.5) is 11.4 Å². The number of nitriles is 1. The molecule has 4 nitrogen and oxygen atoms in total. The molecule has 1 saturated heterocycles. The van der Waals surface area contributed by atoms with Crippen LogP contribution >= 0.6 is 0 Å². The third-order valence-electron chi connectivity index (χ3n) is 4.92. The van der Waals surface area contributed by atoms with Crippen LogP contribution in [0.2, 0.25) is 0 Å². The van der Waals surface area contributed by atoms with Gasteiger partial charge in [-0.15, -0.1) is 0 Å². The van der Waals surface area contributed by atoms with Gasteiger partial charge in [-0.2, -0.15) is 5.26 Å². The molecule has 0 bridgehead atoms. The summed E-state index contributed by atoms with van der Waals surface area (Å²) in [5, 5.41) is 12.9. The van der Waals surface area contributed by atoms with Crippen molar-refractivity contribution in [3.63, 3.8) is 0 Å². The van der Waals surface area contributed by atoms with Crippen molar-refractivity contribution in [2.24, 2.45) is 0 Å². The Labute approximate surface area is 150 Å². The van der Waals surface area contributed by atoms with E-state index in [1.54, 1.807) is 0 Å². The van der Waals surface area contributed by atoms with Gasteiger partial charge in [-0.3, -0.25) is 0 Å². The molecule has 1 aliphatic rings. The first kappa shape index (κ1) is 17.3. The third-order valence-corrected chi connectivity index (χ3v) is 4.92. The van der Waals surface area contributed by atoms with Gasteiger partial charge in [0.2, 0.25) is 0 Å². The lowest BCUT2D eigenvalue weighted by Crippen LogP contribution is -2.44. The summed E-state index contributed by atoms with van der Waals surface area (Å²) in [5.74, 6) is 0. The molecule has 130 valence electrons. The van der Waals surface area contributed by atoms with Crippen LogP contribution in [-0.2, 0) is 13.0 Å². The molecule has 0 aromatic heterocycles. The van der Waals surface area contributed by atoms with Crippen LogP contribution in [-0.4, -0.2) is 38.1 Å². The van der Waals surface area contributed by atoms with Gasteiger partial charge in [0, 0.05) is 44.1 Å². The van der Waals surface area contributed by atoms with Crippen LogP contribution in [0.25, 0.3) is 0 Å². The quantitative estimate of drug-likeness (QED) is 0.909. The predicted molar refractivity (Wildman–Crippen MR) is 104 cm³/mol. The molecule has 0 unspecified atom stereocenters. The molecular formula is C21H26N4. The van der Waals surface area contributed by atoms with Crippen LogP contribution in [0.15, 0.2) is 42.5 Å². The summed E-state index contributed by atoms with van der Waals surface area (Å²) in [6.45, 7) is 7.05. The number of piperazine rings is 1. The molecule has 1 heterocycles. The van der Waals surface area contributed by atoms with E-state index < -0.39 is 0 Å². The Bertz CT molecular complexity index is 737. The Hall–Kier alpha value is -2.51. The number of nitrogens with one attached hydrogen (secondary N) is 1. The van der Waals surface area contributed by atoms with Crippen LogP contribution in [0.1, 0.15) is 23.6 Å². The average molecular weight is 334 g/mol. The molecule has 1 N–H and O–H groups in total. The van der Waals surface area contributed by atoms with Gasteiger partial charge >= 0.3 is 0 Å². The lowest BCUT2D eigenvalue weighted by molar-refractivity contribution is 0.313. The van der Waals surface area contributed by atoms with E-state index in [0.717, 1.165) is 49.4 Å². The molecule has 0 amide bonds. The minimum atomic E-state index is 0.663. The third kappa shape index (κ3) is 4.32. The largest absolute Gasteiger partial charge is 0.381 e. The maximum Gasteiger partial charge on any atom is 0.0995 e. The number of hydrogen-bond acceptors (Lipinski definition) is 4. The fourth-order valence-electron chi connectivity index (χ4n) is 3.15. The number of nitrogens with zero attached hydrogens (tertiary/aromatic N) is 3. The number of aryl methyl sites for hydroxylation is 1. The number of anilines is 2. The van der Waals surface area contributed by atoms with Crippen molar-refractivity contribution in [1.82, 2.24) is 4.90 Å². The normalized spacial score (nSPS) is 15.0. The Morgan fingerprint density at radius 3 is 2.40 bits per heavy atom. The number of hydrogen-bond donors (Lipinski definition) is 1. The number of rotatable bonds is 5. The fraction of sp³-hybridized carbons (Fsp3) is 0.381. The monoisotopic (exact) mass is 334 g/mol. The summed E-state index contributed by atoms with van der Waals surface area (Å²) in [4.78, 5) is 4.75. The lowest BCUT2D eigenvalue weighted by Gasteiger charge is -2.34. The smallest absolute Gasteiger partial charge is 0.0995 e. The minimum absolute atomic E-state index is 0.663. The van der Waals surface area contributed by atoms with Crippen molar-refractivity contribution in [2.75, 3.05) is 43.4 Å². The van der Waals surface area contributed by atoms with Crippen LogP contribution in [0.3, 0.4) is 0 Å². The lowest BCUT2D eigenvalue weighted by atomic mass is 10.1. The van der Waals surface area contributed by atoms with E-state index in [2.05, 4.69) is 71.6 Å². The zero-order valence-electron chi connectivity index (χ0n) is 15.1. The zero-order valence-corrected chi connectivity index (χ0v) is 15.1. The van der Waals surface area contributed by atoms with Gasteiger partial charge in [-0.1, -0.05) is 19.1 Å². The predicted octanol–water partition coefficient (Wildman–Crippen LogP) is 3.48. The molecule has 2 aromatic rings. The van der Waals surface area contributed by atoms with Crippen molar-refractivity contribution in [3.05, 3.63) is 59.2 Å². The highest BCUT2D eigenvalue weighted by Gasteiger charge is 2.15. The highest BCUT2D eigenvalue weighted by molar-refractivity contribution is 5.55. The Morgan fingerprint density at radius 1 is 1.04 bits per heavy atom. The topological polar surface area (TPSA) is 42.3 Å². The van der Waals surface area contributed by atoms with E-state index in [1.807, 2.05) is 6.07 Å². The van der Waals surface area contributed by atoms with Crippen molar-refractivity contribution < 1.29 is 0 Å². The number of likely N-dealkylation sites (N-methyl/N-ethyl adjacent to an activating group) is 1. The Morgan fingerprint density at radius 2 is 1.76 bits per heavy atom. The maximum absolute atomic E-state index is 9.42. The van der Waals surface area contributed by atoms with Crippen LogP contribution in [0.5, 0.6) is 0 Å². The van der Waals surface area contributed by atoms with Gasteiger partial charge in [-0.05, 0) is 54.9 Å². The van der Waals surface area contributed by atoms with Crippen molar-refractivity contribution >= 4 is 11.4 Å². The summed E-state index contributed by atoms with van der Waals surface area (Å²) >= 11 is 0. The Kier molecular flexibility index (Phi) is 5.57. The van der Waals surface area contributed by atoms with E-state index >= 15 is 0 Å². The van der Waals surface area contributed by atoms with Crippen molar-refractivity contribution in [1.29, 1.82) is 5.26 Å². The SMILES string of the molecule is CCc1ccc(NCc2cc(N3CCN(C)CC3)ccc2C#N)cc1. The Balaban J connectivity index is 1.72. The molecule has 25 heavy (non-hydrogen) atoms. The first-order valence-electron chi connectivity index (χ1n) is 8.99. The standard InChI is InChI=1S/C21H26N4/c1-3-17-4-7-20(8-5-17)23-16-19-14-21(9-6-18(19)15-22)25-12-10-24(2)11-13-25/h4-9,14,23H,3,10-13,16H2,1-2H3. The molecule has 0 atom stereocenters. The molecule has 3 rings (SSSR count). The maximum atomic E-state index is 9.42. The molecule has 2 aromatic carbocycles. The second-order valence-corrected chi connectivity index (χ2v) is 6.65. The summed E-state index contributed by atoms with van der Waals surface area (Å²) in [6.07, 6.45) is 1.05. The minimum Gasteiger partial charge on any atom is -0.381 e. The first-order chi connectivity index (χ1) is 12.2. The van der Waals surface area contributed by atoms with Gasteiger partial charge in [0.05, 0.1) is 11.6 Å². The first-order valence-corrected chi connectivity index (χ1v) is 8.99. The molecule has 0 radical (unpaired) electrons. The van der Waals surface area contributed by atoms with Crippen molar-refractivity contribution in [2.45, 2.75) is 19.9 Å². The van der Waals surface area contributed by atoms with E-state index in [-0.39, 0.29) is 0 Å². The second kappa shape index (κ2) is 8.04. The van der Waals surface area contributed by atoms with E-state index in [4.69, 9.17) is 0 Å². The molecule has 0 aliphatic carbocycles. The summed E-state index contributed by atoms with van der Waals surface area (Å²) in [7, 11) is 2.16. The van der Waals surface area contributed by atoms with Gasteiger partial charge in [0.15, 0.2) is 0 Å². The second-order valence-electron chi connectivity index (χ2n) is 6.65. The van der Waals surface area contributed by atoms with Gasteiger partial charge < -0.3 is 15.1 Å². The van der Waals surface area contributed by atoms with Gasteiger partial charge in [0.1, 0.15) is 0 Å². The van der Waals surface area contributed by atoms with E-state index in [9.17, 15) is 5.26 Å². The molecule has 0 spiro atoms. The highest BCUT2D eigenvalue weighted by atomic mass is 15.2. The molecule has 4 heteroatoms. The van der Waals surface area contributed by atoms with Gasteiger partial charge in [0.25, 0.3) is 0 Å². The molecular weight excluding hydrogens is 308 g/mol. The van der Waals surface area contributed by atoms with Crippen LogP contribution in [0, 0.1) is 11.3 Å². The van der Waals surface area contributed by atoms with Gasteiger partial charge in [-0.25, -0.2) is 0 Å². The van der Waals surface area contributed by atoms with Crippen molar-refractivity contribution in [3.8, 4) is 6.07 Å². The zero-order chi connectivity index (χ0) is 17.6. The van der Waals surface area contributed by atoms with Crippen LogP contribution < -0.4 is 10.2 Å². The summed E-state index contributed by atoms with van der Waals surface area (Å²) in [5.41, 5.74) is 5.44. The average Bonchev–Trinajstić information content (AvgIpc) is 2.67.